The number of aliphatic carboxylic acids is 1. The lowest BCUT2D eigenvalue weighted by Gasteiger charge is -2.27. The molecule has 106 valence electrons. The molecule has 0 spiro atoms. The second kappa shape index (κ2) is 5.22. The van der Waals surface area contributed by atoms with Gasteiger partial charge in [-0.2, -0.15) is 0 Å². The highest BCUT2D eigenvalue weighted by Crippen LogP contribution is 2.27. The molecule has 1 atom stereocenters. The molecule has 1 unspecified atom stereocenters. The standard InChI is InChI=1S/C14H15NO4S/c15-14(8-6-12(7-9-14)13(16)17)20(18,19)10-11-4-2-1-3-5-11/h1-8H,9-10,15H2,(H,16,17). The van der Waals surface area contributed by atoms with Gasteiger partial charge in [0.2, 0.25) is 0 Å². The van der Waals surface area contributed by atoms with Gasteiger partial charge in [-0.3, -0.25) is 0 Å². The fraction of sp³-hybridized carbons (Fsp3) is 0.214. The lowest BCUT2D eigenvalue weighted by atomic mass is 10.0. The minimum atomic E-state index is -3.63. The van der Waals surface area contributed by atoms with Crippen LogP contribution in [0.25, 0.3) is 0 Å². The molecule has 0 aromatic heterocycles. The van der Waals surface area contributed by atoms with Crippen LogP contribution in [0.4, 0.5) is 0 Å². The fourth-order valence-corrected chi connectivity index (χ4v) is 3.47. The SMILES string of the molecule is NC1(S(=O)(=O)Cc2ccccc2)C=CC(C(=O)O)=CC1. The predicted molar refractivity (Wildman–Crippen MR) is 75.5 cm³/mol. The van der Waals surface area contributed by atoms with Crippen LogP contribution in [0.3, 0.4) is 0 Å². The van der Waals surface area contributed by atoms with Crippen molar-refractivity contribution in [1.82, 2.24) is 0 Å². The monoisotopic (exact) mass is 293 g/mol. The smallest absolute Gasteiger partial charge is 0.335 e. The first-order valence-electron chi connectivity index (χ1n) is 6.02. The third-order valence-electron chi connectivity index (χ3n) is 3.21. The summed E-state index contributed by atoms with van der Waals surface area (Å²) in [6.45, 7) is 0. The Labute approximate surface area is 117 Å². The topological polar surface area (TPSA) is 97.5 Å². The summed E-state index contributed by atoms with van der Waals surface area (Å²) in [6, 6.07) is 8.75. The predicted octanol–water partition coefficient (Wildman–Crippen LogP) is 1.23. The quantitative estimate of drug-likeness (QED) is 0.870. The minimum absolute atomic E-state index is 0.0414. The van der Waals surface area contributed by atoms with E-state index < -0.39 is 20.7 Å². The first kappa shape index (κ1) is 14.5. The number of rotatable bonds is 4. The largest absolute Gasteiger partial charge is 0.478 e. The van der Waals surface area contributed by atoms with E-state index in [2.05, 4.69) is 0 Å². The Balaban J connectivity index is 2.23. The van der Waals surface area contributed by atoms with Crippen molar-refractivity contribution in [2.45, 2.75) is 17.0 Å². The van der Waals surface area contributed by atoms with Gasteiger partial charge in [0, 0.05) is 6.42 Å². The van der Waals surface area contributed by atoms with Gasteiger partial charge < -0.3 is 10.8 Å². The van der Waals surface area contributed by atoms with Crippen molar-refractivity contribution in [3.05, 3.63) is 59.7 Å². The van der Waals surface area contributed by atoms with Crippen LogP contribution in [0.5, 0.6) is 0 Å². The molecule has 5 nitrogen and oxygen atoms in total. The van der Waals surface area contributed by atoms with Crippen LogP contribution in [-0.2, 0) is 20.4 Å². The number of benzene rings is 1. The van der Waals surface area contributed by atoms with Gasteiger partial charge in [0.05, 0.1) is 11.3 Å². The highest BCUT2D eigenvalue weighted by atomic mass is 32.2. The summed E-state index contributed by atoms with van der Waals surface area (Å²) in [5.41, 5.74) is 6.64. The highest BCUT2D eigenvalue weighted by molar-refractivity contribution is 7.92. The van der Waals surface area contributed by atoms with E-state index >= 15 is 0 Å². The average molecular weight is 293 g/mol. The molecule has 6 heteroatoms. The summed E-state index contributed by atoms with van der Waals surface area (Å²) in [6.07, 6.45) is 3.80. The Kier molecular flexibility index (Phi) is 3.78. The third kappa shape index (κ3) is 2.81. The van der Waals surface area contributed by atoms with E-state index in [1.807, 2.05) is 0 Å². The summed E-state index contributed by atoms with van der Waals surface area (Å²) < 4.78 is 24.8. The second-order valence-electron chi connectivity index (χ2n) is 4.70. The molecule has 2 rings (SSSR count). The molecule has 0 saturated heterocycles. The normalized spacial score (nSPS) is 22.4. The van der Waals surface area contributed by atoms with Crippen LogP contribution in [-0.4, -0.2) is 24.4 Å². The Bertz CT molecular complexity index is 676. The van der Waals surface area contributed by atoms with Gasteiger partial charge in [-0.25, -0.2) is 13.2 Å². The van der Waals surface area contributed by atoms with Crippen LogP contribution in [0.1, 0.15) is 12.0 Å². The summed E-state index contributed by atoms with van der Waals surface area (Å²) >= 11 is 0. The van der Waals surface area contributed by atoms with Gasteiger partial charge in [0.25, 0.3) is 0 Å². The minimum Gasteiger partial charge on any atom is -0.478 e. The molecular formula is C14H15NO4S. The molecular weight excluding hydrogens is 278 g/mol. The van der Waals surface area contributed by atoms with Crippen molar-refractivity contribution in [2.24, 2.45) is 5.73 Å². The number of carboxylic acids is 1. The van der Waals surface area contributed by atoms with Crippen molar-refractivity contribution in [1.29, 1.82) is 0 Å². The zero-order valence-electron chi connectivity index (χ0n) is 10.7. The Hall–Kier alpha value is -1.92. The van der Waals surface area contributed by atoms with Gasteiger partial charge in [0.15, 0.2) is 9.84 Å². The first-order valence-corrected chi connectivity index (χ1v) is 7.67. The molecule has 20 heavy (non-hydrogen) atoms. The molecule has 1 aromatic carbocycles. The maximum atomic E-state index is 12.4. The zero-order valence-corrected chi connectivity index (χ0v) is 11.5. The summed E-state index contributed by atoms with van der Waals surface area (Å²) in [5, 5.41) is 8.84. The van der Waals surface area contributed by atoms with E-state index in [4.69, 9.17) is 10.8 Å². The van der Waals surface area contributed by atoms with Crippen molar-refractivity contribution in [3.63, 3.8) is 0 Å². The first-order chi connectivity index (χ1) is 9.34. The summed E-state index contributed by atoms with van der Waals surface area (Å²) in [7, 11) is -3.63. The lowest BCUT2D eigenvalue weighted by Crippen LogP contribution is -2.47. The number of carboxylic acid groups (broad SMARTS) is 1. The van der Waals surface area contributed by atoms with E-state index in [0.29, 0.717) is 5.56 Å². The lowest BCUT2D eigenvalue weighted by molar-refractivity contribution is -0.132. The molecule has 1 aliphatic rings. The van der Waals surface area contributed by atoms with Crippen LogP contribution >= 0.6 is 0 Å². The molecule has 0 heterocycles. The van der Waals surface area contributed by atoms with Crippen molar-refractivity contribution in [2.75, 3.05) is 0 Å². The van der Waals surface area contributed by atoms with Gasteiger partial charge >= 0.3 is 5.97 Å². The maximum Gasteiger partial charge on any atom is 0.335 e. The average Bonchev–Trinajstić information content (AvgIpc) is 2.39. The molecule has 0 aliphatic heterocycles. The van der Waals surface area contributed by atoms with Crippen LogP contribution < -0.4 is 5.73 Å². The fourth-order valence-electron chi connectivity index (χ4n) is 1.95. The second-order valence-corrected chi connectivity index (χ2v) is 6.98. The maximum absolute atomic E-state index is 12.4. The van der Waals surface area contributed by atoms with Crippen LogP contribution in [0, 0.1) is 0 Å². The number of hydrogen-bond acceptors (Lipinski definition) is 4. The van der Waals surface area contributed by atoms with Crippen molar-refractivity contribution >= 4 is 15.8 Å². The van der Waals surface area contributed by atoms with E-state index in [-0.39, 0.29) is 17.7 Å². The summed E-state index contributed by atoms with van der Waals surface area (Å²) in [4.78, 5) is 9.24. The molecule has 0 radical (unpaired) electrons. The molecule has 1 aliphatic carbocycles. The molecule has 0 bridgehead atoms. The van der Waals surface area contributed by atoms with E-state index in [9.17, 15) is 13.2 Å². The van der Waals surface area contributed by atoms with Gasteiger partial charge in [0.1, 0.15) is 4.87 Å². The summed E-state index contributed by atoms with van der Waals surface area (Å²) in [5.74, 6) is -1.27. The number of carbonyl (C=O) groups is 1. The van der Waals surface area contributed by atoms with Crippen molar-refractivity contribution < 1.29 is 18.3 Å². The van der Waals surface area contributed by atoms with Crippen LogP contribution in [0.15, 0.2) is 54.1 Å². The molecule has 0 saturated carbocycles. The van der Waals surface area contributed by atoms with Gasteiger partial charge in [-0.15, -0.1) is 0 Å². The molecule has 3 N–H and O–H groups in total. The highest BCUT2D eigenvalue weighted by Gasteiger charge is 2.38. The van der Waals surface area contributed by atoms with Gasteiger partial charge in [-0.1, -0.05) is 36.4 Å². The van der Waals surface area contributed by atoms with Crippen LogP contribution in [0.2, 0.25) is 0 Å². The Morgan fingerprint density at radius 2 is 1.95 bits per heavy atom. The molecule has 0 amide bonds. The van der Waals surface area contributed by atoms with E-state index in [0.717, 1.165) is 0 Å². The van der Waals surface area contributed by atoms with E-state index in [1.165, 1.54) is 18.2 Å². The van der Waals surface area contributed by atoms with Crippen molar-refractivity contribution in [3.8, 4) is 0 Å². The van der Waals surface area contributed by atoms with Gasteiger partial charge in [-0.05, 0) is 17.7 Å². The Morgan fingerprint density at radius 3 is 2.45 bits per heavy atom. The molecule has 0 fully saturated rings. The zero-order chi connectivity index (χ0) is 14.8. The number of nitrogens with two attached hydrogens (primary N) is 1. The number of sulfone groups is 1. The van der Waals surface area contributed by atoms with E-state index in [1.54, 1.807) is 30.3 Å². The molecule has 1 aromatic rings. The number of hydrogen-bond donors (Lipinski definition) is 2. The third-order valence-corrected chi connectivity index (χ3v) is 5.39. The Morgan fingerprint density at radius 1 is 1.30 bits per heavy atom.